The van der Waals surface area contributed by atoms with Gasteiger partial charge < -0.3 is 10.1 Å². The van der Waals surface area contributed by atoms with Crippen LogP contribution in [0.25, 0.3) is 0 Å². The van der Waals surface area contributed by atoms with E-state index in [4.69, 9.17) is 11.6 Å². The van der Waals surface area contributed by atoms with Gasteiger partial charge in [0.2, 0.25) is 10.0 Å². The highest BCUT2D eigenvalue weighted by atomic mass is 35.5. The molecule has 9 heteroatoms. The molecule has 29 heavy (non-hydrogen) atoms. The topological polar surface area (TPSA) is 92.8 Å². The SMILES string of the molecule is COC(=O)c1ccc(CNC(=O)c2cc(S(=O)(=O)N(C)C(C)C)ccc2Cl)cc1. The molecule has 0 atom stereocenters. The summed E-state index contributed by atoms with van der Waals surface area (Å²) in [5.41, 5.74) is 1.22. The van der Waals surface area contributed by atoms with Gasteiger partial charge in [0.05, 0.1) is 28.2 Å². The lowest BCUT2D eigenvalue weighted by molar-refractivity contribution is 0.0600. The van der Waals surface area contributed by atoms with E-state index in [0.29, 0.717) is 5.56 Å². The molecule has 0 aliphatic carbocycles. The molecule has 0 aliphatic rings. The Morgan fingerprint density at radius 1 is 1.14 bits per heavy atom. The Labute approximate surface area is 175 Å². The van der Waals surface area contributed by atoms with Gasteiger partial charge in [-0.3, -0.25) is 4.79 Å². The lowest BCUT2D eigenvalue weighted by atomic mass is 10.1. The molecule has 2 aromatic rings. The van der Waals surface area contributed by atoms with E-state index in [1.54, 1.807) is 38.1 Å². The minimum Gasteiger partial charge on any atom is -0.465 e. The van der Waals surface area contributed by atoms with Crippen LogP contribution < -0.4 is 5.32 Å². The minimum absolute atomic E-state index is 0.00863. The van der Waals surface area contributed by atoms with Crippen LogP contribution in [0, 0.1) is 0 Å². The van der Waals surface area contributed by atoms with E-state index >= 15 is 0 Å². The number of carbonyl (C=O) groups is 2. The zero-order valence-corrected chi connectivity index (χ0v) is 18.2. The first-order chi connectivity index (χ1) is 13.6. The molecule has 2 aromatic carbocycles. The summed E-state index contributed by atoms with van der Waals surface area (Å²) in [5.74, 6) is -0.951. The number of sulfonamides is 1. The van der Waals surface area contributed by atoms with Crippen LogP contribution in [0.5, 0.6) is 0 Å². The molecule has 0 bridgehead atoms. The van der Waals surface area contributed by atoms with Crippen molar-refractivity contribution in [1.82, 2.24) is 9.62 Å². The van der Waals surface area contributed by atoms with Crippen molar-refractivity contribution in [3.05, 3.63) is 64.2 Å². The summed E-state index contributed by atoms with van der Waals surface area (Å²) in [5, 5.41) is 2.85. The van der Waals surface area contributed by atoms with Crippen LogP contribution in [0.3, 0.4) is 0 Å². The van der Waals surface area contributed by atoms with Crippen LogP contribution in [0.15, 0.2) is 47.4 Å². The summed E-state index contributed by atoms with van der Waals surface area (Å²) in [7, 11) is -0.965. The van der Waals surface area contributed by atoms with Crippen molar-refractivity contribution in [3.63, 3.8) is 0 Å². The van der Waals surface area contributed by atoms with Crippen molar-refractivity contribution < 1.29 is 22.7 Å². The molecular formula is C20H23ClN2O5S. The second-order valence-electron chi connectivity index (χ2n) is 6.63. The fourth-order valence-electron chi connectivity index (χ4n) is 2.44. The monoisotopic (exact) mass is 438 g/mol. The molecule has 0 fully saturated rings. The third-order valence-corrected chi connectivity index (χ3v) is 6.77. The smallest absolute Gasteiger partial charge is 0.337 e. The molecular weight excluding hydrogens is 416 g/mol. The van der Waals surface area contributed by atoms with Gasteiger partial charge in [-0.2, -0.15) is 4.31 Å². The molecule has 0 spiro atoms. The molecule has 7 nitrogen and oxygen atoms in total. The fraction of sp³-hybridized carbons (Fsp3) is 0.300. The van der Waals surface area contributed by atoms with E-state index < -0.39 is 21.9 Å². The molecule has 156 valence electrons. The molecule has 0 unspecified atom stereocenters. The van der Waals surface area contributed by atoms with Crippen LogP contribution >= 0.6 is 11.6 Å². The first-order valence-corrected chi connectivity index (χ1v) is 10.6. The maximum atomic E-state index is 12.7. The average molecular weight is 439 g/mol. The third kappa shape index (κ3) is 5.35. The molecule has 1 N–H and O–H groups in total. The number of rotatable bonds is 7. The van der Waals surface area contributed by atoms with Crippen LogP contribution in [0.4, 0.5) is 0 Å². The number of benzene rings is 2. The van der Waals surface area contributed by atoms with Gasteiger partial charge in [0.15, 0.2) is 0 Å². The van der Waals surface area contributed by atoms with Gasteiger partial charge >= 0.3 is 5.97 Å². The molecule has 2 rings (SSSR count). The largest absolute Gasteiger partial charge is 0.465 e. The van der Waals surface area contributed by atoms with Crippen molar-refractivity contribution >= 4 is 33.5 Å². The van der Waals surface area contributed by atoms with Gasteiger partial charge in [0, 0.05) is 19.6 Å². The summed E-state index contributed by atoms with van der Waals surface area (Å²) in [6.45, 7) is 3.69. The summed E-state index contributed by atoms with van der Waals surface area (Å²) in [4.78, 5) is 24.0. The fourth-order valence-corrected chi connectivity index (χ4v) is 4.03. The third-order valence-electron chi connectivity index (χ3n) is 4.41. The van der Waals surface area contributed by atoms with E-state index in [9.17, 15) is 18.0 Å². The summed E-state index contributed by atoms with van der Waals surface area (Å²) < 4.78 is 31.2. The predicted octanol–water partition coefficient (Wildman–Crippen LogP) is 3.09. The average Bonchev–Trinajstić information content (AvgIpc) is 2.71. The molecule has 0 aliphatic heterocycles. The normalized spacial score (nSPS) is 11.6. The Bertz CT molecular complexity index is 1000. The molecule has 0 radical (unpaired) electrons. The van der Waals surface area contributed by atoms with E-state index in [2.05, 4.69) is 10.1 Å². The summed E-state index contributed by atoms with van der Waals surface area (Å²) in [6.07, 6.45) is 0. The number of hydrogen-bond acceptors (Lipinski definition) is 5. The second-order valence-corrected chi connectivity index (χ2v) is 9.03. The number of nitrogens with zero attached hydrogens (tertiary/aromatic N) is 1. The summed E-state index contributed by atoms with van der Waals surface area (Å²) in [6, 6.07) is 10.4. The first-order valence-electron chi connectivity index (χ1n) is 8.81. The lowest BCUT2D eigenvalue weighted by Crippen LogP contribution is -2.33. The van der Waals surface area contributed by atoms with E-state index in [-0.39, 0.29) is 28.1 Å². The Balaban J connectivity index is 2.18. The van der Waals surface area contributed by atoms with Crippen LogP contribution in [0.1, 0.15) is 40.1 Å². The highest BCUT2D eigenvalue weighted by molar-refractivity contribution is 7.89. The van der Waals surface area contributed by atoms with Crippen LogP contribution in [-0.4, -0.2) is 44.8 Å². The van der Waals surface area contributed by atoms with Gasteiger partial charge in [0.1, 0.15) is 0 Å². The molecule has 0 saturated heterocycles. The molecule has 0 saturated carbocycles. The number of nitrogens with one attached hydrogen (secondary N) is 1. The number of methoxy groups -OCH3 is 1. The minimum atomic E-state index is -3.74. The number of esters is 1. The van der Waals surface area contributed by atoms with Crippen molar-refractivity contribution in [2.75, 3.05) is 14.2 Å². The zero-order chi connectivity index (χ0) is 21.8. The Morgan fingerprint density at radius 3 is 2.31 bits per heavy atom. The number of hydrogen-bond donors (Lipinski definition) is 1. The highest BCUT2D eigenvalue weighted by Gasteiger charge is 2.25. The lowest BCUT2D eigenvalue weighted by Gasteiger charge is -2.21. The maximum Gasteiger partial charge on any atom is 0.337 e. The van der Waals surface area contributed by atoms with Gasteiger partial charge in [-0.1, -0.05) is 23.7 Å². The van der Waals surface area contributed by atoms with E-state index in [0.717, 1.165) is 5.56 Å². The van der Waals surface area contributed by atoms with Crippen molar-refractivity contribution in [1.29, 1.82) is 0 Å². The van der Waals surface area contributed by atoms with Crippen molar-refractivity contribution in [2.45, 2.75) is 31.3 Å². The van der Waals surface area contributed by atoms with Gasteiger partial charge in [-0.05, 0) is 49.7 Å². The highest BCUT2D eigenvalue weighted by Crippen LogP contribution is 2.23. The van der Waals surface area contributed by atoms with Crippen LogP contribution in [-0.2, 0) is 21.3 Å². The predicted molar refractivity (Wildman–Crippen MR) is 110 cm³/mol. The standard InChI is InChI=1S/C20H23ClN2O5S/c1-13(2)23(3)29(26,27)16-9-10-18(21)17(11-16)19(24)22-12-14-5-7-15(8-6-14)20(25)28-4/h5-11,13H,12H2,1-4H3,(H,22,24). The first kappa shape index (κ1) is 22.9. The number of carbonyl (C=O) groups excluding carboxylic acids is 2. The number of ether oxygens (including phenoxy) is 1. The quantitative estimate of drug-likeness (QED) is 0.670. The Kier molecular flexibility index (Phi) is 7.40. The van der Waals surface area contributed by atoms with Gasteiger partial charge in [-0.15, -0.1) is 0 Å². The zero-order valence-electron chi connectivity index (χ0n) is 16.6. The van der Waals surface area contributed by atoms with E-state index in [1.807, 2.05) is 0 Å². The molecule has 0 heterocycles. The molecule has 0 aromatic heterocycles. The number of halogens is 1. The van der Waals surface area contributed by atoms with Gasteiger partial charge in [0.25, 0.3) is 5.91 Å². The number of amides is 1. The Morgan fingerprint density at radius 2 is 1.76 bits per heavy atom. The van der Waals surface area contributed by atoms with Crippen molar-refractivity contribution in [2.24, 2.45) is 0 Å². The summed E-state index contributed by atoms with van der Waals surface area (Å²) >= 11 is 6.12. The van der Waals surface area contributed by atoms with Crippen LogP contribution in [0.2, 0.25) is 5.02 Å². The second kappa shape index (κ2) is 9.39. The molecule has 1 amide bonds. The van der Waals surface area contributed by atoms with Crippen molar-refractivity contribution in [3.8, 4) is 0 Å². The maximum absolute atomic E-state index is 12.7. The Hall–Kier alpha value is -2.42. The van der Waals surface area contributed by atoms with Gasteiger partial charge in [-0.25, -0.2) is 13.2 Å². The van der Waals surface area contributed by atoms with E-state index in [1.165, 1.54) is 36.7 Å².